The molecular weight excluding hydrogens is 328 g/mol. The van der Waals surface area contributed by atoms with Crippen LogP contribution in [0.2, 0.25) is 0 Å². The third kappa shape index (κ3) is 3.46. The van der Waals surface area contributed by atoms with Crippen LogP contribution in [0.5, 0.6) is 0 Å². The molecule has 144 valence electrons. The highest BCUT2D eigenvalue weighted by Crippen LogP contribution is 2.43. The Morgan fingerprint density at radius 1 is 1.15 bits per heavy atom. The molecule has 2 aliphatic heterocycles. The molecule has 3 aliphatic rings. The predicted octanol–water partition coefficient (Wildman–Crippen LogP) is 3.11. The maximum absolute atomic E-state index is 12.7. The SMILES string of the molecule is C.C=C1CCC2(CCCN(C(=O)c3cc(=O)[nH][nH]3)C2)CN1C1CCCC1. The van der Waals surface area contributed by atoms with Crippen LogP contribution in [0, 0.1) is 5.41 Å². The van der Waals surface area contributed by atoms with E-state index in [0.717, 1.165) is 38.9 Å². The van der Waals surface area contributed by atoms with Crippen LogP contribution in [0.25, 0.3) is 0 Å². The molecule has 1 amide bonds. The number of nitrogens with zero attached hydrogens (tertiary/aromatic N) is 2. The minimum absolute atomic E-state index is 0. The van der Waals surface area contributed by atoms with Gasteiger partial charge in [0.2, 0.25) is 0 Å². The summed E-state index contributed by atoms with van der Waals surface area (Å²) in [4.78, 5) is 28.6. The molecule has 6 nitrogen and oxygen atoms in total. The molecule has 0 radical (unpaired) electrons. The molecule has 3 heterocycles. The molecule has 2 saturated heterocycles. The van der Waals surface area contributed by atoms with Crippen molar-refractivity contribution in [1.29, 1.82) is 0 Å². The van der Waals surface area contributed by atoms with Gasteiger partial charge < -0.3 is 9.80 Å². The highest BCUT2D eigenvalue weighted by Gasteiger charge is 2.43. The van der Waals surface area contributed by atoms with Crippen LogP contribution in [0.4, 0.5) is 0 Å². The monoisotopic (exact) mass is 360 g/mol. The number of amides is 1. The lowest BCUT2D eigenvalue weighted by atomic mass is 9.72. The van der Waals surface area contributed by atoms with Crippen LogP contribution in [0.15, 0.2) is 23.1 Å². The van der Waals surface area contributed by atoms with Crippen molar-refractivity contribution < 1.29 is 4.79 Å². The number of nitrogens with one attached hydrogen (secondary N) is 2. The third-order valence-corrected chi connectivity index (χ3v) is 6.40. The van der Waals surface area contributed by atoms with Gasteiger partial charge in [0.15, 0.2) is 0 Å². The number of hydrogen-bond acceptors (Lipinski definition) is 3. The van der Waals surface area contributed by atoms with E-state index in [2.05, 4.69) is 21.7 Å². The number of rotatable bonds is 2. The van der Waals surface area contributed by atoms with E-state index in [9.17, 15) is 9.59 Å². The largest absolute Gasteiger partial charge is 0.372 e. The third-order valence-electron chi connectivity index (χ3n) is 6.40. The topological polar surface area (TPSA) is 72.2 Å². The number of piperidine rings is 2. The number of hydrogen-bond donors (Lipinski definition) is 2. The Labute approximate surface area is 155 Å². The zero-order chi connectivity index (χ0) is 17.4. The molecule has 4 rings (SSSR count). The van der Waals surface area contributed by atoms with Gasteiger partial charge in [0.1, 0.15) is 5.69 Å². The Bertz CT molecular complexity index is 715. The molecule has 2 N–H and O–H groups in total. The Morgan fingerprint density at radius 2 is 1.92 bits per heavy atom. The number of likely N-dealkylation sites (tertiary alicyclic amines) is 2. The summed E-state index contributed by atoms with van der Waals surface area (Å²) in [6.07, 6.45) is 9.58. The van der Waals surface area contributed by atoms with Gasteiger partial charge >= 0.3 is 0 Å². The second-order valence-corrected chi connectivity index (χ2v) is 8.13. The van der Waals surface area contributed by atoms with Crippen molar-refractivity contribution in [2.75, 3.05) is 19.6 Å². The molecule has 0 aromatic carbocycles. The first-order valence-corrected chi connectivity index (χ1v) is 9.58. The highest BCUT2D eigenvalue weighted by molar-refractivity contribution is 5.92. The van der Waals surface area contributed by atoms with Gasteiger partial charge in [-0.25, -0.2) is 0 Å². The average molecular weight is 361 g/mol. The molecule has 1 aliphatic carbocycles. The number of H-pyrrole nitrogens is 2. The molecule has 1 spiro atoms. The van der Waals surface area contributed by atoms with Gasteiger partial charge in [0.05, 0.1) is 0 Å². The smallest absolute Gasteiger partial charge is 0.271 e. The summed E-state index contributed by atoms with van der Waals surface area (Å²) in [5.74, 6) is -0.0609. The molecule has 1 atom stereocenters. The van der Waals surface area contributed by atoms with Gasteiger partial charge in [-0.3, -0.25) is 19.8 Å². The van der Waals surface area contributed by atoms with Crippen molar-refractivity contribution >= 4 is 5.91 Å². The first-order chi connectivity index (χ1) is 12.1. The number of carbonyl (C=O) groups is 1. The van der Waals surface area contributed by atoms with Gasteiger partial charge in [-0.2, -0.15) is 0 Å². The van der Waals surface area contributed by atoms with Crippen LogP contribution in [-0.2, 0) is 0 Å². The first kappa shape index (κ1) is 18.8. The minimum atomic E-state index is -0.253. The Morgan fingerprint density at radius 3 is 2.62 bits per heavy atom. The zero-order valence-electron chi connectivity index (χ0n) is 14.9. The second-order valence-electron chi connectivity index (χ2n) is 8.13. The predicted molar refractivity (Wildman–Crippen MR) is 103 cm³/mol. The Balaban J connectivity index is 0.00000196. The van der Waals surface area contributed by atoms with Crippen LogP contribution >= 0.6 is 0 Å². The van der Waals surface area contributed by atoms with Gasteiger partial charge in [-0.15, -0.1) is 0 Å². The maximum atomic E-state index is 12.7. The molecule has 0 bridgehead atoms. The number of allylic oxidation sites excluding steroid dienone is 1. The summed E-state index contributed by atoms with van der Waals surface area (Å²) in [5, 5.41) is 5.16. The quantitative estimate of drug-likeness (QED) is 0.851. The number of carbonyl (C=O) groups excluding carboxylic acids is 1. The van der Waals surface area contributed by atoms with E-state index in [4.69, 9.17) is 0 Å². The van der Waals surface area contributed by atoms with Crippen molar-refractivity contribution in [3.05, 3.63) is 34.4 Å². The minimum Gasteiger partial charge on any atom is -0.372 e. The highest BCUT2D eigenvalue weighted by atomic mass is 16.2. The van der Waals surface area contributed by atoms with Gasteiger partial charge in [-0.05, 0) is 38.5 Å². The fourth-order valence-corrected chi connectivity index (χ4v) is 5.04. The Kier molecular flexibility index (Phi) is 5.30. The van der Waals surface area contributed by atoms with E-state index in [-0.39, 0.29) is 24.3 Å². The Hall–Kier alpha value is -1.98. The van der Waals surface area contributed by atoms with Crippen molar-refractivity contribution in [3.8, 4) is 0 Å². The summed E-state index contributed by atoms with van der Waals surface area (Å²) < 4.78 is 0. The number of aromatic amines is 2. The molecule has 26 heavy (non-hydrogen) atoms. The molecular formula is C20H32N4O2. The van der Waals surface area contributed by atoms with Crippen molar-refractivity contribution in [1.82, 2.24) is 20.0 Å². The summed E-state index contributed by atoms with van der Waals surface area (Å²) in [5.41, 5.74) is 1.58. The van der Waals surface area contributed by atoms with Crippen LogP contribution in [0.1, 0.15) is 69.3 Å². The molecule has 1 aromatic heterocycles. The second kappa shape index (κ2) is 7.33. The van der Waals surface area contributed by atoms with E-state index in [1.807, 2.05) is 4.90 Å². The summed E-state index contributed by atoms with van der Waals surface area (Å²) in [6.45, 7) is 6.92. The first-order valence-electron chi connectivity index (χ1n) is 9.58. The lowest BCUT2D eigenvalue weighted by Crippen LogP contribution is -2.54. The van der Waals surface area contributed by atoms with Crippen LogP contribution < -0.4 is 5.56 Å². The fraction of sp³-hybridized carbons (Fsp3) is 0.700. The molecule has 6 heteroatoms. The van der Waals surface area contributed by atoms with Crippen molar-refractivity contribution in [2.45, 2.75) is 64.8 Å². The van der Waals surface area contributed by atoms with Gasteiger partial charge in [-0.1, -0.05) is 26.8 Å². The van der Waals surface area contributed by atoms with Gasteiger partial charge in [0, 0.05) is 42.9 Å². The summed E-state index contributed by atoms with van der Waals surface area (Å²) in [7, 11) is 0. The van der Waals surface area contributed by atoms with Gasteiger partial charge in [0.25, 0.3) is 11.5 Å². The number of aromatic nitrogens is 2. The molecule has 1 saturated carbocycles. The fourth-order valence-electron chi connectivity index (χ4n) is 5.04. The molecule has 1 aromatic rings. The van der Waals surface area contributed by atoms with Crippen molar-refractivity contribution in [3.63, 3.8) is 0 Å². The van der Waals surface area contributed by atoms with E-state index in [1.54, 1.807) is 0 Å². The van der Waals surface area contributed by atoms with Crippen molar-refractivity contribution in [2.24, 2.45) is 5.41 Å². The average Bonchev–Trinajstić information content (AvgIpc) is 3.28. The summed E-state index contributed by atoms with van der Waals surface area (Å²) >= 11 is 0. The van der Waals surface area contributed by atoms with E-state index in [0.29, 0.717) is 11.7 Å². The lowest BCUT2D eigenvalue weighted by Gasteiger charge is -2.51. The lowest BCUT2D eigenvalue weighted by molar-refractivity contribution is 0.0172. The standard InChI is InChI=1S/C19H28N4O2.CH4/c1-14-7-9-19(13-23(14)15-5-2-3-6-15)8-4-10-22(12-19)18(25)16-11-17(24)21-20-16;/h11,15H,1-10,12-13H2,(H2,20,21,24);1H4. The maximum Gasteiger partial charge on any atom is 0.271 e. The molecule has 3 fully saturated rings. The van der Waals surface area contributed by atoms with E-state index < -0.39 is 0 Å². The van der Waals surface area contributed by atoms with E-state index in [1.165, 1.54) is 43.9 Å². The summed E-state index contributed by atoms with van der Waals surface area (Å²) in [6, 6.07) is 2.01. The molecule has 1 unspecified atom stereocenters. The normalized spacial score (nSPS) is 27.0. The zero-order valence-corrected chi connectivity index (χ0v) is 14.9. The van der Waals surface area contributed by atoms with Crippen LogP contribution in [-0.4, -0.2) is 51.6 Å². The van der Waals surface area contributed by atoms with E-state index >= 15 is 0 Å². The van der Waals surface area contributed by atoms with Crippen LogP contribution in [0.3, 0.4) is 0 Å².